The first-order chi connectivity index (χ1) is 16.2. The highest BCUT2D eigenvalue weighted by atomic mass is 79.9. The lowest BCUT2D eigenvalue weighted by molar-refractivity contribution is -0.384. The summed E-state index contributed by atoms with van der Waals surface area (Å²) in [5, 5.41) is 11.0. The van der Waals surface area contributed by atoms with E-state index in [1.807, 2.05) is 24.3 Å². The molecule has 11 heteroatoms. The molecular weight excluding hydrogens is 659 g/mol. The summed E-state index contributed by atoms with van der Waals surface area (Å²) in [7, 11) is 0. The number of halogens is 4. The first-order valence-corrected chi connectivity index (χ1v) is 12.3. The Morgan fingerprint density at radius 3 is 2.35 bits per heavy atom. The molecule has 1 aliphatic rings. The number of nitrogens with zero attached hydrogens (tertiary/aromatic N) is 2. The lowest BCUT2D eigenvalue weighted by atomic mass is 10.2. The number of ether oxygens (including phenoxy) is 2. The number of cyclic esters (lactones) is 1. The number of esters is 1. The Bertz CT molecular complexity index is 1350. The highest BCUT2D eigenvalue weighted by molar-refractivity contribution is 9.11. The Morgan fingerprint density at radius 2 is 1.74 bits per heavy atom. The second-order valence-corrected chi connectivity index (χ2v) is 10.0. The predicted molar refractivity (Wildman–Crippen MR) is 139 cm³/mol. The molecule has 1 aliphatic heterocycles. The zero-order valence-electron chi connectivity index (χ0n) is 16.9. The van der Waals surface area contributed by atoms with Crippen LogP contribution < -0.4 is 4.74 Å². The molecule has 0 aromatic heterocycles. The molecular formula is C23H12Br3ClN2O5. The Morgan fingerprint density at radius 1 is 1.06 bits per heavy atom. The molecule has 3 aromatic carbocycles. The van der Waals surface area contributed by atoms with Gasteiger partial charge in [-0.25, -0.2) is 9.79 Å². The van der Waals surface area contributed by atoms with Crippen LogP contribution in [-0.4, -0.2) is 16.8 Å². The van der Waals surface area contributed by atoms with Crippen molar-refractivity contribution in [1.82, 2.24) is 0 Å². The Labute approximate surface area is 224 Å². The van der Waals surface area contributed by atoms with E-state index in [9.17, 15) is 14.9 Å². The number of non-ortho nitro benzene ring substituents is 1. The van der Waals surface area contributed by atoms with E-state index in [4.69, 9.17) is 21.1 Å². The highest BCUT2D eigenvalue weighted by Gasteiger charge is 2.26. The topological polar surface area (TPSA) is 91.0 Å². The van der Waals surface area contributed by atoms with Crippen molar-refractivity contribution in [3.63, 3.8) is 0 Å². The molecule has 1 heterocycles. The maximum absolute atomic E-state index is 12.4. The summed E-state index contributed by atoms with van der Waals surface area (Å²) in [6, 6.07) is 15.2. The van der Waals surface area contributed by atoms with Crippen LogP contribution in [0.4, 0.5) is 5.69 Å². The van der Waals surface area contributed by atoms with Gasteiger partial charge in [0, 0.05) is 16.6 Å². The number of hydrogen-bond donors (Lipinski definition) is 0. The van der Waals surface area contributed by atoms with Crippen LogP contribution in [0.1, 0.15) is 16.7 Å². The number of aliphatic imine (C=N–C) groups is 1. The Kier molecular flexibility index (Phi) is 7.51. The number of benzene rings is 3. The third-order valence-corrected chi connectivity index (χ3v) is 6.65. The van der Waals surface area contributed by atoms with E-state index in [1.165, 1.54) is 18.2 Å². The van der Waals surface area contributed by atoms with Gasteiger partial charge in [0.2, 0.25) is 5.90 Å². The molecule has 0 radical (unpaired) electrons. The Balaban J connectivity index is 1.56. The second-order valence-electron chi connectivity index (χ2n) is 6.99. The fraction of sp³-hybridized carbons (Fsp3) is 0.0435. The molecule has 0 unspecified atom stereocenters. The standard InChI is InChI=1S/C23H12Br3ClN2O5/c24-14-3-1-12(2-4-14)11-33-21-17(25)7-13(8-18(21)26)9-20-23(30)34-22(28-20)16-6-5-15(29(31)32)10-19(16)27/h1-10H,11H2/b20-9-. The van der Waals surface area contributed by atoms with Gasteiger partial charge in [0.1, 0.15) is 12.4 Å². The summed E-state index contributed by atoms with van der Waals surface area (Å²) in [5.74, 6) is -0.0723. The van der Waals surface area contributed by atoms with Crippen molar-refractivity contribution in [3.8, 4) is 5.75 Å². The zero-order chi connectivity index (χ0) is 24.4. The molecule has 172 valence electrons. The third kappa shape index (κ3) is 5.57. The van der Waals surface area contributed by atoms with E-state index >= 15 is 0 Å². The fourth-order valence-electron chi connectivity index (χ4n) is 3.01. The highest BCUT2D eigenvalue weighted by Crippen LogP contribution is 2.36. The van der Waals surface area contributed by atoms with Crippen molar-refractivity contribution in [2.24, 2.45) is 4.99 Å². The maximum atomic E-state index is 12.4. The summed E-state index contributed by atoms with van der Waals surface area (Å²) < 4.78 is 13.5. The monoisotopic (exact) mass is 668 g/mol. The summed E-state index contributed by atoms with van der Waals surface area (Å²) >= 11 is 16.5. The van der Waals surface area contributed by atoms with Gasteiger partial charge >= 0.3 is 5.97 Å². The van der Waals surface area contributed by atoms with Gasteiger partial charge in [0.15, 0.2) is 5.70 Å². The minimum atomic E-state index is -0.660. The van der Waals surface area contributed by atoms with Crippen LogP contribution in [0, 0.1) is 10.1 Å². The van der Waals surface area contributed by atoms with Crippen molar-refractivity contribution in [3.05, 3.63) is 106 Å². The number of hydrogen-bond acceptors (Lipinski definition) is 6. The molecule has 0 saturated heterocycles. The van der Waals surface area contributed by atoms with E-state index in [2.05, 4.69) is 52.8 Å². The van der Waals surface area contributed by atoms with Gasteiger partial charge in [-0.3, -0.25) is 10.1 Å². The van der Waals surface area contributed by atoms with Crippen LogP contribution in [0.5, 0.6) is 5.75 Å². The molecule has 7 nitrogen and oxygen atoms in total. The van der Waals surface area contributed by atoms with Gasteiger partial charge in [-0.1, -0.05) is 39.7 Å². The zero-order valence-corrected chi connectivity index (χ0v) is 22.4. The van der Waals surface area contributed by atoms with Crippen molar-refractivity contribution in [1.29, 1.82) is 0 Å². The van der Waals surface area contributed by atoms with Crippen LogP contribution >= 0.6 is 59.4 Å². The van der Waals surface area contributed by atoms with Crippen LogP contribution in [0.25, 0.3) is 6.08 Å². The maximum Gasteiger partial charge on any atom is 0.363 e. The molecule has 0 bridgehead atoms. The Hall–Kier alpha value is -2.53. The molecule has 0 fully saturated rings. The normalized spacial score (nSPS) is 14.2. The number of carbonyl (C=O) groups is 1. The molecule has 0 amide bonds. The number of nitro groups is 1. The molecule has 0 spiro atoms. The summed E-state index contributed by atoms with van der Waals surface area (Å²) in [4.78, 5) is 26.9. The van der Waals surface area contributed by atoms with Crippen LogP contribution in [0.15, 0.2) is 78.7 Å². The smallest absolute Gasteiger partial charge is 0.363 e. The van der Waals surface area contributed by atoms with Crippen molar-refractivity contribution in [2.45, 2.75) is 6.61 Å². The summed E-state index contributed by atoms with van der Waals surface area (Å²) in [6.45, 7) is 0.376. The van der Waals surface area contributed by atoms with Gasteiger partial charge in [-0.05, 0) is 79.4 Å². The van der Waals surface area contributed by atoms with Gasteiger partial charge in [-0.15, -0.1) is 0 Å². The molecule has 0 atom stereocenters. The van der Waals surface area contributed by atoms with Crippen LogP contribution in [0.2, 0.25) is 5.02 Å². The molecule has 0 saturated carbocycles. The van der Waals surface area contributed by atoms with Gasteiger partial charge in [-0.2, -0.15) is 0 Å². The van der Waals surface area contributed by atoms with E-state index in [-0.39, 0.29) is 27.9 Å². The van der Waals surface area contributed by atoms with Crippen molar-refractivity contribution >= 4 is 83.0 Å². The van der Waals surface area contributed by atoms with Gasteiger partial charge in [0.25, 0.3) is 5.69 Å². The van der Waals surface area contributed by atoms with Crippen LogP contribution in [-0.2, 0) is 16.1 Å². The van der Waals surface area contributed by atoms with Crippen LogP contribution in [0.3, 0.4) is 0 Å². The average Bonchev–Trinajstić information content (AvgIpc) is 3.14. The molecule has 3 aromatic rings. The number of nitro benzene ring substituents is 1. The summed E-state index contributed by atoms with van der Waals surface area (Å²) in [6.07, 6.45) is 1.56. The molecule has 0 aliphatic carbocycles. The fourth-order valence-corrected chi connectivity index (χ4v) is 4.98. The van der Waals surface area contributed by atoms with E-state index < -0.39 is 10.9 Å². The van der Waals surface area contributed by atoms with Gasteiger partial charge < -0.3 is 9.47 Å². The second kappa shape index (κ2) is 10.4. The lowest BCUT2D eigenvalue weighted by Crippen LogP contribution is -2.06. The summed E-state index contributed by atoms with van der Waals surface area (Å²) in [5.41, 5.74) is 1.84. The minimum Gasteiger partial charge on any atom is -0.487 e. The first-order valence-electron chi connectivity index (χ1n) is 9.54. The van der Waals surface area contributed by atoms with E-state index in [0.29, 0.717) is 26.9 Å². The molecule has 34 heavy (non-hydrogen) atoms. The van der Waals surface area contributed by atoms with Crippen molar-refractivity contribution in [2.75, 3.05) is 0 Å². The number of rotatable bonds is 6. The van der Waals surface area contributed by atoms with Gasteiger partial charge in [0.05, 0.1) is 24.5 Å². The molecule has 0 N–H and O–H groups in total. The van der Waals surface area contributed by atoms with Crippen molar-refractivity contribution < 1.29 is 19.2 Å². The first kappa shape index (κ1) is 24.6. The quantitative estimate of drug-likeness (QED) is 0.118. The third-order valence-electron chi connectivity index (χ3n) is 4.63. The molecule has 4 rings (SSSR count). The largest absolute Gasteiger partial charge is 0.487 e. The van der Waals surface area contributed by atoms with E-state index in [1.54, 1.807) is 18.2 Å². The van der Waals surface area contributed by atoms with E-state index in [0.717, 1.165) is 10.0 Å². The SMILES string of the molecule is O=C1OC(c2ccc([N+](=O)[O-])cc2Cl)=N/C1=C\c1cc(Br)c(OCc2ccc(Br)cc2)c(Br)c1. The minimum absolute atomic E-state index is 0.0243. The lowest BCUT2D eigenvalue weighted by Gasteiger charge is -2.11. The predicted octanol–water partition coefficient (Wildman–Crippen LogP) is 7.46. The average molecular weight is 672 g/mol. The number of carbonyl (C=O) groups excluding carboxylic acids is 1.